The zero-order valence-electron chi connectivity index (χ0n) is 13.9. The minimum atomic E-state index is -0.247. The van der Waals surface area contributed by atoms with Crippen molar-refractivity contribution in [3.05, 3.63) is 53.2 Å². The molecular formula is C18H22FN3O2. The van der Waals surface area contributed by atoms with Crippen molar-refractivity contribution in [3.8, 4) is 0 Å². The maximum absolute atomic E-state index is 12.9. The van der Waals surface area contributed by atoms with Gasteiger partial charge in [0.2, 0.25) is 5.91 Å². The van der Waals surface area contributed by atoms with E-state index < -0.39 is 0 Å². The second kappa shape index (κ2) is 7.57. The number of amides is 1. The van der Waals surface area contributed by atoms with Crippen molar-refractivity contribution >= 4 is 5.91 Å². The number of rotatable bonds is 5. The molecule has 128 valence electrons. The number of hydrogen-bond donors (Lipinski definition) is 0. The number of piperazine rings is 1. The Bertz CT molecular complexity index is 676. The van der Waals surface area contributed by atoms with Crippen LogP contribution in [0.3, 0.4) is 0 Å². The highest BCUT2D eigenvalue weighted by molar-refractivity contribution is 5.76. The summed E-state index contributed by atoms with van der Waals surface area (Å²) in [5.74, 6) is 0.779. The van der Waals surface area contributed by atoms with Gasteiger partial charge in [-0.25, -0.2) is 4.39 Å². The Morgan fingerprint density at radius 2 is 1.92 bits per heavy atom. The molecule has 24 heavy (non-hydrogen) atoms. The highest BCUT2D eigenvalue weighted by Gasteiger charge is 2.21. The van der Waals surface area contributed by atoms with Crippen LogP contribution in [0.25, 0.3) is 0 Å². The van der Waals surface area contributed by atoms with Crippen LogP contribution >= 0.6 is 0 Å². The number of carbonyl (C=O) groups is 1. The fraction of sp³-hybridized carbons (Fsp3) is 0.444. The smallest absolute Gasteiger partial charge is 0.222 e. The molecule has 6 heteroatoms. The molecule has 1 aromatic carbocycles. The summed E-state index contributed by atoms with van der Waals surface area (Å²) in [6.07, 6.45) is 1.11. The second-order valence-electron chi connectivity index (χ2n) is 6.22. The van der Waals surface area contributed by atoms with Crippen LogP contribution in [-0.4, -0.2) is 47.0 Å². The van der Waals surface area contributed by atoms with E-state index in [2.05, 4.69) is 10.1 Å². The molecule has 0 spiro atoms. The molecule has 1 aliphatic rings. The van der Waals surface area contributed by atoms with Gasteiger partial charge in [-0.15, -0.1) is 0 Å². The molecule has 3 rings (SSSR count). The molecule has 1 aromatic heterocycles. The van der Waals surface area contributed by atoms with E-state index in [0.717, 1.165) is 49.7 Å². The Balaban J connectivity index is 1.42. The maximum atomic E-state index is 12.9. The molecule has 0 bridgehead atoms. The monoisotopic (exact) mass is 331 g/mol. The number of halogens is 1. The lowest BCUT2D eigenvalue weighted by molar-refractivity contribution is -0.133. The van der Waals surface area contributed by atoms with Crippen LogP contribution in [0, 0.1) is 12.7 Å². The molecule has 5 nitrogen and oxygen atoms in total. The molecule has 1 amide bonds. The van der Waals surface area contributed by atoms with Gasteiger partial charge in [-0.2, -0.15) is 0 Å². The number of aryl methyl sites for hydroxylation is 2. The van der Waals surface area contributed by atoms with Crippen molar-refractivity contribution in [3.63, 3.8) is 0 Å². The quantitative estimate of drug-likeness (QED) is 0.844. The average Bonchev–Trinajstić information content (AvgIpc) is 2.99. The van der Waals surface area contributed by atoms with Crippen LogP contribution in [0.15, 0.2) is 34.9 Å². The molecule has 0 atom stereocenters. The fourth-order valence-electron chi connectivity index (χ4n) is 2.93. The summed E-state index contributed by atoms with van der Waals surface area (Å²) >= 11 is 0. The van der Waals surface area contributed by atoms with E-state index in [1.807, 2.05) is 17.9 Å². The van der Waals surface area contributed by atoms with Crippen molar-refractivity contribution in [2.45, 2.75) is 26.3 Å². The van der Waals surface area contributed by atoms with Crippen LogP contribution in [0.4, 0.5) is 4.39 Å². The van der Waals surface area contributed by atoms with Gasteiger partial charge in [0.1, 0.15) is 5.82 Å². The van der Waals surface area contributed by atoms with Gasteiger partial charge in [-0.05, 0) is 31.0 Å². The molecule has 1 aliphatic heterocycles. The lowest BCUT2D eigenvalue weighted by atomic mass is 10.1. The maximum Gasteiger partial charge on any atom is 0.222 e. The molecule has 1 fully saturated rings. The molecule has 0 unspecified atom stereocenters. The van der Waals surface area contributed by atoms with E-state index in [-0.39, 0.29) is 11.7 Å². The van der Waals surface area contributed by atoms with Crippen molar-refractivity contribution in [1.29, 1.82) is 0 Å². The Hall–Kier alpha value is -2.21. The molecule has 2 aromatic rings. The van der Waals surface area contributed by atoms with E-state index in [1.165, 1.54) is 12.1 Å². The van der Waals surface area contributed by atoms with E-state index in [1.54, 1.807) is 12.1 Å². The van der Waals surface area contributed by atoms with E-state index >= 15 is 0 Å². The van der Waals surface area contributed by atoms with Gasteiger partial charge in [0.05, 0.1) is 12.2 Å². The number of aromatic nitrogens is 1. The SMILES string of the molecule is Cc1cc(CN2CCN(C(=O)CCc3ccc(F)cc3)CC2)on1. The zero-order chi connectivity index (χ0) is 16.9. The minimum absolute atomic E-state index is 0.162. The van der Waals surface area contributed by atoms with Gasteiger partial charge in [0.25, 0.3) is 0 Å². The lowest BCUT2D eigenvalue weighted by Gasteiger charge is -2.34. The van der Waals surface area contributed by atoms with E-state index in [0.29, 0.717) is 12.8 Å². The van der Waals surface area contributed by atoms with Gasteiger partial charge in [-0.3, -0.25) is 9.69 Å². The molecule has 0 aliphatic carbocycles. The summed E-state index contributed by atoms with van der Waals surface area (Å²) in [6, 6.07) is 8.29. The highest BCUT2D eigenvalue weighted by atomic mass is 19.1. The minimum Gasteiger partial charge on any atom is -0.360 e. The lowest BCUT2D eigenvalue weighted by Crippen LogP contribution is -2.48. The van der Waals surface area contributed by atoms with Crippen LogP contribution in [-0.2, 0) is 17.8 Å². The largest absolute Gasteiger partial charge is 0.360 e. The van der Waals surface area contributed by atoms with Crippen molar-refractivity contribution in [2.75, 3.05) is 26.2 Å². The first-order valence-corrected chi connectivity index (χ1v) is 8.27. The van der Waals surface area contributed by atoms with Crippen molar-refractivity contribution < 1.29 is 13.7 Å². The molecule has 2 heterocycles. The van der Waals surface area contributed by atoms with Crippen LogP contribution in [0.2, 0.25) is 0 Å². The van der Waals surface area contributed by atoms with Gasteiger partial charge >= 0.3 is 0 Å². The summed E-state index contributed by atoms with van der Waals surface area (Å²) < 4.78 is 18.1. The number of carbonyl (C=O) groups excluding carboxylic acids is 1. The van der Waals surface area contributed by atoms with Gasteiger partial charge in [0.15, 0.2) is 5.76 Å². The van der Waals surface area contributed by atoms with Crippen LogP contribution < -0.4 is 0 Å². The summed E-state index contributed by atoms with van der Waals surface area (Å²) in [7, 11) is 0. The third kappa shape index (κ3) is 4.41. The van der Waals surface area contributed by atoms with Crippen LogP contribution in [0.1, 0.15) is 23.4 Å². The van der Waals surface area contributed by atoms with Crippen LogP contribution in [0.5, 0.6) is 0 Å². The fourth-order valence-corrected chi connectivity index (χ4v) is 2.93. The third-order valence-electron chi connectivity index (χ3n) is 4.32. The van der Waals surface area contributed by atoms with Gasteiger partial charge in [0, 0.05) is 38.7 Å². The molecule has 0 saturated carbocycles. The predicted octanol–water partition coefficient (Wildman–Crippen LogP) is 2.40. The topological polar surface area (TPSA) is 49.6 Å². The Morgan fingerprint density at radius 1 is 1.21 bits per heavy atom. The first kappa shape index (κ1) is 16.6. The third-order valence-corrected chi connectivity index (χ3v) is 4.32. The normalized spacial score (nSPS) is 15.7. The van der Waals surface area contributed by atoms with Crippen molar-refractivity contribution in [2.24, 2.45) is 0 Å². The first-order chi connectivity index (χ1) is 11.6. The Kier molecular flexibility index (Phi) is 5.25. The second-order valence-corrected chi connectivity index (χ2v) is 6.22. The van der Waals surface area contributed by atoms with Crippen molar-refractivity contribution in [1.82, 2.24) is 15.0 Å². The van der Waals surface area contributed by atoms with E-state index in [4.69, 9.17) is 4.52 Å². The predicted molar refractivity (Wildman–Crippen MR) is 87.8 cm³/mol. The summed E-state index contributed by atoms with van der Waals surface area (Å²) in [4.78, 5) is 16.5. The summed E-state index contributed by atoms with van der Waals surface area (Å²) in [5.41, 5.74) is 1.88. The number of benzene rings is 1. The summed E-state index contributed by atoms with van der Waals surface area (Å²) in [6.45, 7) is 5.78. The average molecular weight is 331 g/mol. The number of nitrogens with zero attached hydrogens (tertiary/aromatic N) is 3. The van der Waals surface area contributed by atoms with E-state index in [9.17, 15) is 9.18 Å². The Labute approximate surface area is 141 Å². The number of hydrogen-bond acceptors (Lipinski definition) is 4. The van der Waals surface area contributed by atoms with Gasteiger partial charge in [-0.1, -0.05) is 17.3 Å². The molecule has 0 radical (unpaired) electrons. The standard InChI is InChI=1S/C18H22FN3O2/c1-14-12-17(24-20-14)13-21-8-10-22(11-9-21)18(23)7-4-15-2-5-16(19)6-3-15/h2-3,5-6,12H,4,7-11,13H2,1H3. The Morgan fingerprint density at radius 3 is 2.54 bits per heavy atom. The zero-order valence-corrected chi connectivity index (χ0v) is 13.9. The first-order valence-electron chi connectivity index (χ1n) is 8.27. The summed E-state index contributed by atoms with van der Waals surface area (Å²) in [5, 5.41) is 3.89. The molecular weight excluding hydrogens is 309 g/mol. The highest BCUT2D eigenvalue weighted by Crippen LogP contribution is 2.12. The van der Waals surface area contributed by atoms with Gasteiger partial charge < -0.3 is 9.42 Å². The molecule has 0 N–H and O–H groups in total. The molecule has 1 saturated heterocycles.